The molecule has 0 spiro atoms. The summed E-state index contributed by atoms with van der Waals surface area (Å²) >= 11 is 7.14. The summed E-state index contributed by atoms with van der Waals surface area (Å²) in [5.41, 5.74) is 4.46. The number of hydrogen-bond donors (Lipinski definition) is 0. The summed E-state index contributed by atoms with van der Waals surface area (Å²) < 4.78 is 13.7. The fourth-order valence-corrected chi connectivity index (χ4v) is 4.95. The lowest BCUT2D eigenvalue weighted by Crippen LogP contribution is -2.32. The van der Waals surface area contributed by atoms with E-state index in [9.17, 15) is 4.79 Å². The van der Waals surface area contributed by atoms with Crippen molar-refractivity contribution in [3.63, 3.8) is 0 Å². The highest BCUT2D eigenvalue weighted by Gasteiger charge is 2.24. The number of halogens is 2. The van der Waals surface area contributed by atoms with Crippen LogP contribution < -0.4 is 15.3 Å². The van der Waals surface area contributed by atoms with Crippen molar-refractivity contribution in [1.29, 1.82) is 0 Å². The molecular formula is C21H19Br2NO3. The topological polar surface area (TPSA) is 42.7 Å². The van der Waals surface area contributed by atoms with Gasteiger partial charge in [0.1, 0.15) is 11.3 Å². The Balaban J connectivity index is 1.82. The van der Waals surface area contributed by atoms with Crippen LogP contribution in [0.1, 0.15) is 30.0 Å². The molecule has 140 valence electrons. The van der Waals surface area contributed by atoms with E-state index in [0.717, 1.165) is 61.8 Å². The maximum Gasteiger partial charge on any atom is 0.336 e. The van der Waals surface area contributed by atoms with Crippen molar-refractivity contribution in [2.75, 3.05) is 11.6 Å². The highest BCUT2D eigenvalue weighted by atomic mass is 79.9. The average Bonchev–Trinajstić information content (AvgIpc) is 2.63. The van der Waals surface area contributed by atoms with Crippen LogP contribution in [0.5, 0.6) is 5.75 Å². The van der Waals surface area contributed by atoms with Crippen molar-refractivity contribution in [2.24, 2.45) is 0 Å². The minimum absolute atomic E-state index is 0.301. The SMILES string of the molecule is CCCc1cc(=O)oc2c(C)c3c(cc12)CN(c1ccc(Br)cc1Br)CO3. The summed E-state index contributed by atoms with van der Waals surface area (Å²) in [6.45, 7) is 5.25. The highest BCUT2D eigenvalue weighted by molar-refractivity contribution is 9.11. The van der Waals surface area contributed by atoms with Gasteiger partial charge in [0.05, 0.1) is 5.69 Å². The molecule has 0 atom stereocenters. The molecule has 4 rings (SSSR count). The summed E-state index contributed by atoms with van der Waals surface area (Å²) in [4.78, 5) is 14.2. The Kier molecular flexibility index (Phi) is 5.03. The van der Waals surface area contributed by atoms with Crippen LogP contribution in [0.4, 0.5) is 5.69 Å². The Morgan fingerprint density at radius 3 is 2.74 bits per heavy atom. The van der Waals surface area contributed by atoms with Gasteiger partial charge in [0.15, 0.2) is 6.73 Å². The maximum absolute atomic E-state index is 12.0. The monoisotopic (exact) mass is 491 g/mol. The first kappa shape index (κ1) is 18.6. The molecule has 3 aromatic rings. The summed E-state index contributed by atoms with van der Waals surface area (Å²) in [6.07, 6.45) is 1.83. The average molecular weight is 493 g/mol. The lowest BCUT2D eigenvalue weighted by Gasteiger charge is -2.32. The highest BCUT2D eigenvalue weighted by Crippen LogP contribution is 2.39. The van der Waals surface area contributed by atoms with Gasteiger partial charge >= 0.3 is 5.63 Å². The molecule has 0 unspecified atom stereocenters. The zero-order valence-electron chi connectivity index (χ0n) is 15.1. The summed E-state index contributed by atoms with van der Waals surface area (Å²) in [7, 11) is 0. The third-order valence-electron chi connectivity index (χ3n) is 4.87. The van der Waals surface area contributed by atoms with Crippen LogP contribution in [-0.4, -0.2) is 6.73 Å². The van der Waals surface area contributed by atoms with Gasteiger partial charge in [-0.05, 0) is 59.1 Å². The molecule has 1 aliphatic heterocycles. The first-order valence-electron chi connectivity index (χ1n) is 8.90. The molecule has 0 amide bonds. The predicted molar refractivity (Wildman–Crippen MR) is 115 cm³/mol. The molecule has 2 heterocycles. The van der Waals surface area contributed by atoms with Crippen molar-refractivity contribution < 1.29 is 9.15 Å². The molecule has 1 aliphatic rings. The van der Waals surface area contributed by atoms with E-state index in [1.165, 1.54) is 0 Å². The van der Waals surface area contributed by atoms with E-state index in [4.69, 9.17) is 9.15 Å². The van der Waals surface area contributed by atoms with Gasteiger partial charge in [-0.15, -0.1) is 0 Å². The predicted octanol–water partition coefficient (Wildman–Crippen LogP) is 5.94. The third-order valence-corrected chi connectivity index (χ3v) is 6.00. The fraction of sp³-hybridized carbons (Fsp3) is 0.286. The summed E-state index contributed by atoms with van der Waals surface area (Å²) in [5, 5.41) is 1.01. The van der Waals surface area contributed by atoms with Crippen LogP contribution in [0.2, 0.25) is 0 Å². The van der Waals surface area contributed by atoms with Gasteiger partial charge in [-0.2, -0.15) is 0 Å². The number of ether oxygens (including phenoxy) is 1. The van der Waals surface area contributed by atoms with Crippen LogP contribution in [-0.2, 0) is 13.0 Å². The van der Waals surface area contributed by atoms with E-state index in [2.05, 4.69) is 55.8 Å². The first-order valence-corrected chi connectivity index (χ1v) is 10.5. The minimum atomic E-state index is -0.301. The molecule has 0 radical (unpaired) electrons. The third kappa shape index (κ3) is 3.41. The number of rotatable bonds is 3. The number of hydrogen-bond acceptors (Lipinski definition) is 4. The molecule has 2 aromatic carbocycles. The fourth-order valence-electron chi connectivity index (χ4n) is 3.65. The van der Waals surface area contributed by atoms with E-state index in [1.54, 1.807) is 6.07 Å². The van der Waals surface area contributed by atoms with Crippen molar-refractivity contribution in [2.45, 2.75) is 33.2 Å². The lowest BCUT2D eigenvalue weighted by molar-refractivity contribution is 0.287. The van der Waals surface area contributed by atoms with Crippen LogP contribution in [0.3, 0.4) is 0 Å². The normalized spacial score (nSPS) is 13.6. The van der Waals surface area contributed by atoms with Crippen LogP contribution >= 0.6 is 31.9 Å². The number of benzene rings is 2. The number of aryl methyl sites for hydroxylation is 2. The Labute approximate surface area is 174 Å². The second kappa shape index (κ2) is 7.32. The van der Waals surface area contributed by atoms with E-state index < -0.39 is 0 Å². The molecule has 4 nitrogen and oxygen atoms in total. The summed E-state index contributed by atoms with van der Waals surface area (Å²) in [6, 6.07) is 9.85. The molecular weight excluding hydrogens is 474 g/mol. The van der Waals surface area contributed by atoms with Gasteiger partial charge in [-0.3, -0.25) is 0 Å². The molecule has 0 aliphatic carbocycles. The zero-order chi connectivity index (χ0) is 19.1. The van der Waals surface area contributed by atoms with Gasteiger partial charge in [0.25, 0.3) is 0 Å². The van der Waals surface area contributed by atoms with Gasteiger partial charge in [0.2, 0.25) is 0 Å². The lowest BCUT2D eigenvalue weighted by atomic mass is 9.98. The van der Waals surface area contributed by atoms with E-state index in [0.29, 0.717) is 12.3 Å². The van der Waals surface area contributed by atoms with E-state index >= 15 is 0 Å². The quantitative estimate of drug-likeness (QED) is 0.424. The Morgan fingerprint density at radius 1 is 1.19 bits per heavy atom. The number of anilines is 1. The molecule has 0 saturated heterocycles. The van der Waals surface area contributed by atoms with Crippen molar-refractivity contribution in [1.82, 2.24) is 0 Å². The van der Waals surface area contributed by atoms with Crippen molar-refractivity contribution in [3.05, 3.63) is 66.4 Å². The van der Waals surface area contributed by atoms with Gasteiger partial charge in [-0.1, -0.05) is 29.3 Å². The van der Waals surface area contributed by atoms with Crippen molar-refractivity contribution in [3.8, 4) is 5.75 Å². The molecule has 0 bridgehead atoms. The standard InChI is InChI=1S/C21H19Br2NO3/c1-3-4-13-8-19(25)27-21-12(2)20-14(7-16(13)21)10-24(11-26-20)18-6-5-15(22)9-17(18)23/h5-9H,3-4,10-11H2,1-2H3. The minimum Gasteiger partial charge on any atom is -0.472 e. The van der Waals surface area contributed by atoms with E-state index in [-0.39, 0.29) is 5.63 Å². The van der Waals surface area contributed by atoms with Crippen LogP contribution in [0, 0.1) is 6.92 Å². The maximum atomic E-state index is 12.0. The number of fused-ring (bicyclic) bond motifs is 2. The van der Waals surface area contributed by atoms with Gasteiger partial charge in [-0.25, -0.2) is 4.79 Å². The Bertz CT molecular complexity index is 1090. The molecule has 0 fully saturated rings. The zero-order valence-corrected chi connectivity index (χ0v) is 18.3. The molecule has 0 N–H and O–H groups in total. The number of nitrogens with zero attached hydrogens (tertiary/aromatic N) is 1. The van der Waals surface area contributed by atoms with Crippen molar-refractivity contribution >= 4 is 48.5 Å². The smallest absolute Gasteiger partial charge is 0.336 e. The second-order valence-corrected chi connectivity index (χ2v) is 8.54. The van der Waals surface area contributed by atoms with Crippen LogP contribution in [0.15, 0.2) is 48.5 Å². The second-order valence-electron chi connectivity index (χ2n) is 6.77. The first-order chi connectivity index (χ1) is 13.0. The molecule has 1 aromatic heterocycles. The molecule has 6 heteroatoms. The van der Waals surface area contributed by atoms with Gasteiger partial charge < -0.3 is 14.1 Å². The Morgan fingerprint density at radius 2 is 2.00 bits per heavy atom. The Hall–Kier alpha value is -1.79. The van der Waals surface area contributed by atoms with E-state index in [1.807, 2.05) is 19.1 Å². The largest absolute Gasteiger partial charge is 0.472 e. The van der Waals surface area contributed by atoms with Gasteiger partial charge in [0, 0.05) is 38.1 Å². The molecule has 27 heavy (non-hydrogen) atoms. The molecule has 0 saturated carbocycles. The summed E-state index contributed by atoms with van der Waals surface area (Å²) in [5.74, 6) is 0.823. The van der Waals surface area contributed by atoms with Crippen LogP contribution in [0.25, 0.3) is 11.0 Å².